The number of carbonyl (C=O) groups is 1. The second-order valence-corrected chi connectivity index (χ2v) is 10.7. The summed E-state index contributed by atoms with van der Waals surface area (Å²) in [5.74, 6) is 0.104. The van der Waals surface area contributed by atoms with Gasteiger partial charge < -0.3 is 10.2 Å². The molecule has 0 aliphatic rings. The minimum atomic E-state index is -3.58. The van der Waals surface area contributed by atoms with E-state index >= 15 is 0 Å². The summed E-state index contributed by atoms with van der Waals surface area (Å²) < 4.78 is 31.5. The maximum absolute atomic E-state index is 13.2. The van der Waals surface area contributed by atoms with Gasteiger partial charge in [0.1, 0.15) is 0 Å². The second-order valence-electron chi connectivity index (χ2n) is 8.69. The molecule has 4 rings (SSSR count). The molecule has 0 fully saturated rings. The quantitative estimate of drug-likeness (QED) is 0.373. The van der Waals surface area contributed by atoms with Gasteiger partial charge in [-0.3, -0.25) is 9.10 Å². The molecule has 0 spiro atoms. The Balaban J connectivity index is 1.75. The zero-order chi connectivity index (χ0) is 25.2. The van der Waals surface area contributed by atoms with Gasteiger partial charge in [0.25, 0.3) is 0 Å². The highest BCUT2D eigenvalue weighted by Crippen LogP contribution is 2.30. The minimum absolute atomic E-state index is 0.135. The topological polar surface area (TPSA) is 119 Å². The third kappa shape index (κ3) is 5.47. The molecule has 0 saturated carbocycles. The first-order chi connectivity index (χ1) is 16.5. The van der Waals surface area contributed by atoms with Crippen molar-refractivity contribution in [2.24, 2.45) is 5.73 Å². The van der Waals surface area contributed by atoms with Crippen LogP contribution in [0.4, 0.5) is 5.69 Å². The average molecular weight is 491 g/mol. The summed E-state index contributed by atoms with van der Waals surface area (Å²) in [6.07, 6.45) is 1.57. The van der Waals surface area contributed by atoms with Crippen LogP contribution in [0.2, 0.25) is 0 Å². The third-order valence-corrected chi connectivity index (χ3v) is 6.86. The van der Waals surface area contributed by atoms with Crippen LogP contribution >= 0.6 is 0 Å². The predicted molar refractivity (Wildman–Crippen MR) is 135 cm³/mol. The molecule has 8 nitrogen and oxygen atoms in total. The first kappa shape index (κ1) is 24.3. The lowest BCUT2D eigenvalue weighted by atomic mass is 9.94. The first-order valence-corrected chi connectivity index (χ1v) is 12.8. The van der Waals surface area contributed by atoms with Crippen molar-refractivity contribution in [3.8, 4) is 11.5 Å². The highest BCUT2D eigenvalue weighted by Gasteiger charge is 2.29. The molecule has 1 atom stereocenters. The predicted octanol–water partition coefficient (Wildman–Crippen LogP) is 3.78. The molecule has 180 valence electrons. The summed E-state index contributed by atoms with van der Waals surface area (Å²) in [5, 5.41) is 8.31. The molecule has 35 heavy (non-hydrogen) atoms. The number of sulfonamides is 1. The van der Waals surface area contributed by atoms with Crippen LogP contribution in [0.15, 0.2) is 83.3 Å². The van der Waals surface area contributed by atoms with Crippen molar-refractivity contribution >= 4 is 21.5 Å². The van der Waals surface area contributed by atoms with Crippen LogP contribution in [-0.4, -0.2) is 37.7 Å². The summed E-state index contributed by atoms with van der Waals surface area (Å²) in [4.78, 5) is 13.2. The number of anilines is 1. The van der Waals surface area contributed by atoms with Crippen LogP contribution in [0.1, 0.15) is 34.3 Å². The highest BCUT2D eigenvalue weighted by atomic mass is 32.2. The zero-order valence-electron chi connectivity index (χ0n) is 19.7. The molecular formula is C26H26N4O4S. The molecule has 0 aliphatic carbocycles. The third-order valence-electron chi connectivity index (χ3n) is 5.65. The van der Waals surface area contributed by atoms with Crippen molar-refractivity contribution in [1.82, 2.24) is 10.2 Å². The number of carbonyl (C=O) groups excluding carboxylic acids is 1. The first-order valence-electron chi connectivity index (χ1n) is 10.9. The van der Waals surface area contributed by atoms with E-state index in [-0.39, 0.29) is 17.6 Å². The summed E-state index contributed by atoms with van der Waals surface area (Å²) in [5.41, 5.74) is 8.07. The number of ketones is 1. The van der Waals surface area contributed by atoms with Gasteiger partial charge in [-0.15, -0.1) is 10.2 Å². The Hall–Kier alpha value is -3.82. The van der Waals surface area contributed by atoms with Crippen LogP contribution < -0.4 is 10.0 Å². The molecule has 2 N–H and O–H groups in total. The molecule has 1 heterocycles. The monoisotopic (exact) mass is 490 g/mol. The zero-order valence-corrected chi connectivity index (χ0v) is 20.5. The van der Waals surface area contributed by atoms with Crippen molar-refractivity contribution in [1.29, 1.82) is 0 Å². The van der Waals surface area contributed by atoms with Crippen molar-refractivity contribution in [3.05, 3.63) is 101 Å². The number of rotatable bonds is 8. The number of hydrogen-bond donors (Lipinski definition) is 1. The van der Waals surface area contributed by atoms with E-state index in [9.17, 15) is 13.2 Å². The lowest BCUT2D eigenvalue weighted by molar-refractivity contribution is 0.103. The Morgan fingerprint density at radius 2 is 1.60 bits per heavy atom. The Bertz CT molecular complexity index is 1450. The van der Waals surface area contributed by atoms with Gasteiger partial charge in [-0.25, -0.2) is 8.42 Å². The summed E-state index contributed by atoms with van der Waals surface area (Å²) in [6, 6.07) is 23.2. The van der Waals surface area contributed by atoms with Crippen molar-refractivity contribution in [3.63, 3.8) is 0 Å². The number of hydrogen-bond acceptors (Lipinski definition) is 7. The Kier molecular flexibility index (Phi) is 6.56. The number of nitrogens with zero attached hydrogens (tertiary/aromatic N) is 3. The van der Waals surface area contributed by atoms with E-state index in [1.54, 1.807) is 43.3 Å². The molecule has 0 aliphatic heterocycles. The molecule has 3 aromatic carbocycles. The Labute approximate surface area is 204 Å². The summed E-state index contributed by atoms with van der Waals surface area (Å²) in [6.45, 7) is 1.80. The highest BCUT2D eigenvalue weighted by molar-refractivity contribution is 7.92. The average Bonchev–Trinajstić information content (AvgIpc) is 3.35. The van der Waals surface area contributed by atoms with Crippen LogP contribution in [-0.2, 0) is 22.0 Å². The van der Waals surface area contributed by atoms with E-state index in [1.807, 2.05) is 36.4 Å². The lowest BCUT2D eigenvalue weighted by Gasteiger charge is -2.20. The van der Waals surface area contributed by atoms with Gasteiger partial charge in [-0.2, -0.15) is 0 Å². The van der Waals surface area contributed by atoms with Gasteiger partial charge in [0.15, 0.2) is 5.78 Å². The fraction of sp³-hybridized carbons (Fsp3) is 0.192. The fourth-order valence-corrected chi connectivity index (χ4v) is 4.15. The van der Waals surface area contributed by atoms with Crippen LogP contribution in [0.5, 0.6) is 0 Å². The van der Waals surface area contributed by atoms with Gasteiger partial charge >= 0.3 is 0 Å². The van der Waals surface area contributed by atoms with Crippen molar-refractivity contribution in [2.75, 3.05) is 17.6 Å². The van der Waals surface area contributed by atoms with Gasteiger partial charge in [0, 0.05) is 23.7 Å². The number of nitrogens with two attached hydrogens (primary N) is 1. The largest absolute Gasteiger partial charge is 0.419 e. The van der Waals surface area contributed by atoms with Crippen LogP contribution in [0.25, 0.3) is 11.5 Å². The molecule has 4 aromatic rings. The number of aromatic nitrogens is 2. The Morgan fingerprint density at radius 3 is 2.23 bits per heavy atom. The Morgan fingerprint density at radius 1 is 0.971 bits per heavy atom. The summed E-state index contributed by atoms with van der Waals surface area (Å²) >= 11 is 0. The van der Waals surface area contributed by atoms with Gasteiger partial charge in [0.2, 0.25) is 21.8 Å². The van der Waals surface area contributed by atoms with E-state index in [2.05, 4.69) is 10.2 Å². The van der Waals surface area contributed by atoms with Gasteiger partial charge in [0.05, 0.1) is 17.5 Å². The van der Waals surface area contributed by atoms with E-state index < -0.39 is 15.6 Å². The van der Waals surface area contributed by atoms with E-state index in [0.29, 0.717) is 28.8 Å². The molecule has 0 bridgehead atoms. The van der Waals surface area contributed by atoms with Crippen molar-refractivity contribution in [2.45, 2.75) is 18.9 Å². The smallest absolute Gasteiger partial charge is 0.247 e. The van der Waals surface area contributed by atoms with Crippen LogP contribution in [0.3, 0.4) is 0 Å². The van der Waals surface area contributed by atoms with Crippen molar-refractivity contribution < 1.29 is 17.6 Å². The maximum atomic E-state index is 13.2. The van der Waals surface area contributed by atoms with Crippen LogP contribution in [0, 0.1) is 0 Å². The standard InChI is InChI=1S/C26H26N4O4S/c1-26(27,17-18-10-6-4-7-11-18)25-29-28-24(34-25)21-14-20(23(31)19-12-8-5-9-13-19)15-22(16-21)30(2)35(3,32)33/h4-16H,17,27H2,1-3H3/t26-/m1/s1. The molecular weight excluding hydrogens is 464 g/mol. The van der Waals surface area contributed by atoms with Gasteiger partial charge in [-0.1, -0.05) is 60.7 Å². The number of benzene rings is 3. The molecule has 0 unspecified atom stereocenters. The van der Waals surface area contributed by atoms with E-state index in [1.165, 1.54) is 13.1 Å². The molecule has 1 aromatic heterocycles. The van der Waals surface area contributed by atoms with Gasteiger partial charge in [-0.05, 0) is 37.1 Å². The molecule has 0 amide bonds. The normalized spacial score (nSPS) is 13.3. The van der Waals surface area contributed by atoms with E-state index in [0.717, 1.165) is 16.1 Å². The SMILES string of the molecule is CN(c1cc(C(=O)c2ccccc2)cc(-c2nnc([C@](C)(N)Cc3ccccc3)o2)c1)S(C)(=O)=O. The minimum Gasteiger partial charge on any atom is -0.419 e. The maximum Gasteiger partial charge on any atom is 0.247 e. The second kappa shape index (κ2) is 9.44. The lowest BCUT2D eigenvalue weighted by Crippen LogP contribution is -2.35. The molecule has 0 radical (unpaired) electrons. The summed E-state index contributed by atoms with van der Waals surface area (Å²) in [7, 11) is -2.16. The molecule has 9 heteroatoms. The van der Waals surface area contributed by atoms with E-state index in [4.69, 9.17) is 10.2 Å². The molecule has 0 saturated heterocycles. The fourth-order valence-electron chi connectivity index (χ4n) is 3.66.